The van der Waals surface area contributed by atoms with Crippen LogP contribution >= 0.6 is 0 Å². The van der Waals surface area contributed by atoms with E-state index in [9.17, 15) is 14.5 Å². The van der Waals surface area contributed by atoms with Crippen molar-refractivity contribution in [2.75, 3.05) is 0 Å². The predicted octanol–water partition coefficient (Wildman–Crippen LogP) is 0.474. The molecule has 0 bridgehead atoms. The molecule has 0 aliphatic heterocycles. The van der Waals surface area contributed by atoms with Crippen molar-refractivity contribution in [2.24, 2.45) is 0 Å². The number of halogens is 1. The molecule has 0 radical (unpaired) electrons. The Balaban J connectivity index is 2.79. The zero-order valence-electron chi connectivity index (χ0n) is 10.4. The number of rotatable bonds is 4. The highest BCUT2D eigenvalue weighted by atomic mass is 19.1. The van der Waals surface area contributed by atoms with E-state index in [1.165, 1.54) is 12.3 Å². The van der Waals surface area contributed by atoms with Gasteiger partial charge >= 0.3 is 7.12 Å². The first-order valence-corrected chi connectivity index (χ1v) is 5.33. The van der Waals surface area contributed by atoms with E-state index in [1.807, 2.05) is 0 Å². The smallest absolute Gasteiger partial charge is 0.423 e. The maximum absolute atomic E-state index is 12.6. The Labute approximate surface area is 101 Å². The van der Waals surface area contributed by atoms with Crippen LogP contribution in [0.5, 0.6) is 0 Å². The fourth-order valence-corrected chi connectivity index (χ4v) is 1.02. The van der Waals surface area contributed by atoms with Gasteiger partial charge in [-0.05, 0) is 33.8 Å². The van der Waals surface area contributed by atoms with Crippen LogP contribution in [0.3, 0.4) is 0 Å². The topological polar surface area (TPSA) is 62.6 Å². The summed E-state index contributed by atoms with van der Waals surface area (Å²) >= 11 is 0. The molecule has 1 aromatic heterocycles. The van der Waals surface area contributed by atoms with Crippen molar-refractivity contribution in [3.8, 4) is 0 Å². The average molecular weight is 241 g/mol. The van der Waals surface area contributed by atoms with Crippen LogP contribution in [0, 0.1) is 5.95 Å². The van der Waals surface area contributed by atoms with Crippen molar-refractivity contribution in [3.05, 3.63) is 24.3 Å². The lowest BCUT2D eigenvalue weighted by molar-refractivity contribution is -0.0982. The molecule has 1 heterocycles. The molecule has 0 aliphatic carbocycles. The van der Waals surface area contributed by atoms with E-state index >= 15 is 0 Å². The molecule has 94 valence electrons. The Bertz CT molecular complexity index is 375. The van der Waals surface area contributed by atoms with Gasteiger partial charge in [-0.1, -0.05) is 6.07 Å². The van der Waals surface area contributed by atoms with Crippen LogP contribution in [0.1, 0.15) is 27.7 Å². The monoisotopic (exact) mass is 241 g/mol. The van der Waals surface area contributed by atoms with Crippen LogP contribution in [-0.4, -0.2) is 33.4 Å². The van der Waals surface area contributed by atoms with Gasteiger partial charge in [0, 0.05) is 11.7 Å². The van der Waals surface area contributed by atoms with Gasteiger partial charge in [-0.2, -0.15) is 4.39 Å². The van der Waals surface area contributed by atoms with E-state index in [0.29, 0.717) is 5.46 Å². The predicted molar refractivity (Wildman–Crippen MR) is 63.3 cm³/mol. The molecule has 0 unspecified atom stereocenters. The summed E-state index contributed by atoms with van der Waals surface area (Å²) in [7, 11) is -1.26. The van der Waals surface area contributed by atoms with Crippen LogP contribution in [0.15, 0.2) is 18.3 Å². The van der Waals surface area contributed by atoms with Crippen molar-refractivity contribution >= 4 is 12.6 Å². The molecule has 0 fully saturated rings. The van der Waals surface area contributed by atoms with E-state index in [4.69, 9.17) is 4.65 Å². The second-order valence-corrected chi connectivity index (χ2v) is 4.95. The van der Waals surface area contributed by atoms with Gasteiger partial charge in [-0.25, -0.2) is 4.98 Å². The summed E-state index contributed by atoms with van der Waals surface area (Å²) in [5.41, 5.74) is -1.74. The molecule has 1 rings (SSSR count). The summed E-state index contributed by atoms with van der Waals surface area (Å²) in [6.07, 6.45) is 1.19. The van der Waals surface area contributed by atoms with Crippen LogP contribution in [0.4, 0.5) is 4.39 Å². The van der Waals surface area contributed by atoms with Crippen molar-refractivity contribution in [1.82, 2.24) is 4.98 Å². The van der Waals surface area contributed by atoms with Gasteiger partial charge in [0.15, 0.2) is 0 Å². The minimum absolute atomic E-state index is 0.337. The van der Waals surface area contributed by atoms with E-state index in [2.05, 4.69) is 4.98 Å². The van der Waals surface area contributed by atoms with Crippen molar-refractivity contribution in [2.45, 2.75) is 38.9 Å². The Morgan fingerprint density at radius 3 is 2.29 bits per heavy atom. The van der Waals surface area contributed by atoms with E-state index < -0.39 is 24.3 Å². The van der Waals surface area contributed by atoms with E-state index in [1.54, 1.807) is 27.7 Å². The van der Waals surface area contributed by atoms with E-state index in [0.717, 1.165) is 6.07 Å². The molecule has 6 heteroatoms. The average Bonchev–Trinajstić information content (AvgIpc) is 2.16. The van der Waals surface area contributed by atoms with Gasteiger partial charge in [0.25, 0.3) is 0 Å². The SMILES string of the molecule is CC(C)(O)C(C)(C)OB(O)c1ccc(F)nc1. The molecule has 0 aromatic carbocycles. The first-order chi connectivity index (χ1) is 7.63. The number of hydrogen-bond acceptors (Lipinski definition) is 4. The number of aliphatic hydroxyl groups is 1. The third-order valence-corrected chi connectivity index (χ3v) is 2.92. The second kappa shape index (κ2) is 4.72. The molecule has 4 nitrogen and oxygen atoms in total. The van der Waals surface area contributed by atoms with Crippen LogP contribution in [0.25, 0.3) is 0 Å². The fourth-order valence-electron chi connectivity index (χ4n) is 1.02. The van der Waals surface area contributed by atoms with Gasteiger partial charge in [0.05, 0.1) is 11.2 Å². The van der Waals surface area contributed by atoms with Gasteiger partial charge < -0.3 is 14.8 Å². The number of pyridine rings is 1. The summed E-state index contributed by atoms with van der Waals surface area (Å²) in [6, 6.07) is 2.52. The zero-order valence-corrected chi connectivity index (χ0v) is 10.4. The molecule has 0 atom stereocenters. The summed E-state index contributed by atoms with van der Waals surface area (Å²) in [5.74, 6) is -0.623. The first-order valence-electron chi connectivity index (χ1n) is 5.33. The molecule has 0 saturated carbocycles. The maximum Gasteiger partial charge on any atom is 0.493 e. The fraction of sp³-hybridized carbons (Fsp3) is 0.545. The van der Waals surface area contributed by atoms with Crippen molar-refractivity contribution in [3.63, 3.8) is 0 Å². The highest BCUT2D eigenvalue weighted by molar-refractivity contribution is 6.59. The molecule has 0 aliphatic rings. The quantitative estimate of drug-likeness (QED) is 0.594. The normalized spacial score (nSPS) is 12.6. The number of hydrogen-bond donors (Lipinski definition) is 2. The lowest BCUT2D eigenvalue weighted by Crippen LogP contribution is -2.53. The standard InChI is InChI=1S/C11H17BFNO3/c1-10(2,15)11(3,4)17-12(16)8-5-6-9(13)14-7-8/h5-7,15-16H,1-4H3. The second-order valence-electron chi connectivity index (χ2n) is 4.95. The van der Waals surface area contributed by atoms with Gasteiger partial charge in [-0.3, -0.25) is 0 Å². The molecule has 1 aromatic rings. The Kier molecular flexibility index (Phi) is 3.91. The third-order valence-electron chi connectivity index (χ3n) is 2.92. The molecule has 0 amide bonds. The molecule has 17 heavy (non-hydrogen) atoms. The number of nitrogens with zero attached hydrogens (tertiary/aromatic N) is 1. The molecular formula is C11H17BFNO3. The minimum Gasteiger partial charge on any atom is -0.423 e. The molecule has 0 spiro atoms. The number of aromatic nitrogens is 1. The summed E-state index contributed by atoms with van der Waals surface area (Å²) < 4.78 is 18.0. The summed E-state index contributed by atoms with van der Waals surface area (Å²) in [5, 5.41) is 19.7. The molecule has 0 saturated heterocycles. The van der Waals surface area contributed by atoms with Gasteiger partial charge in [0.2, 0.25) is 5.95 Å². The highest BCUT2D eigenvalue weighted by Crippen LogP contribution is 2.25. The zero-order chi connectivity index (χ0) is 13.3. The third kappa shape index (κ3) is 3.49. The van der Waals surface area contributed by atoms with Crippen molar-refractivity contribution < 1.29 is 19.2 Å². The highest BCUT2D eigenvalue weighted by Gasteiger charge is 2.39. The van der Waals surface area contributed by atoms with Gasteiger partial charge in [-0.15, -0.1) is 0 Å². The first kappa shape index (κ1) is 14.1. The lowest BCUT2D eigenvalue weighted by atomic mass is 9.77. The van der Waals surface area contributed by atoms with Crippen molar-refractivity contribution in [1.29, 1.82) is 0 Å². The maximum atomic E-state index is 12.6. The van der Waals surface area contributed by atoms with Crippen LogP contribution in [-0.2, 0) is 4.65 Å². The molecular weight excluding hydrogens is 224 g/mol. The minimum atomic E-state index is -1.26. The van der Waals surface area contributed by atoms with Crippen LogP contribution in [0.2, 0.25) is 0 Å². The summed E-state index contributed by atoms with van der Waals surface area (Å²) in [4.78, 5) is 3.42. The Morgan fingerprint density at radius 1 is 1.29 bits per heavy atom. The van der Waals surface area contributed by atoms with Gasteiger partial charge in [0.1, 0.15) is 0 Å². The molecule has 2 N–H and O–H groups in total. The van der Waals surface area contributed by atoms with E-state index in [-0.39, 0.29) is 0 Å². The largest absolute Gasteiger partial charge is 0.493 e. The Morgan fingerprint density at radius 2 is 1.88 bits per heavy atom. The summed E-state index contributed by atoms with van der Waals surface area (Å²) in [6.45, 7) is 6.49. The lowest BCUT2D eigenvalue weighted by Gasteiger charge is -2.38. The van der Waals surface area contributed by atoms with Crippen LogP contribution < -0.4 is 5.46 Å². The Hall–Kier alpha value is -0.975.